The Kier molecular flexibility index (Phi) is 5.87. The SMILES string of the molecule is CC1CN(C(=O)c2ccc(CNc3nc4ccccn4c(=O)c3[N+](=O)[O-])cc2)CC(C)O1. The van der Waals surface area contributed by atoms with Crippen molar-refractivity contribution in [2.75, 3.05) is 18.4 Å². The zero-order chi connectivity index (χ0) is 22.8. The summed E-state index contributed by atoms with van der Waals surface area (Å²) in [5.74, 6) is -0.158. The topological polar surface area (TPSA) is 119 Å². The third kappa shape index (κ3) is 4.30. The number of amides is 1. The van der Waals surface area contributed by atoms with Crippen molar-refractivity contribution in [3.8, 4) is 0 Å². The average Bonchev–Trinajstić information content (AvgIpc) is 2.76. The largest absolute Gasteiger partial charge is 0.376 e. The summed E-state index contributed by atoms with van der Waals surface area (Å²) in [6.45, 7) is 5.17. The summed E-state index contributed by atoms with van der Waals surface area (Å²) < 4.78 is 6.81. The maximum Gasteiger partial charge on any atom is 0.376 e. The van der Waals surface area contributed by atoms with E-state index in [2.05, 4.69) is 10.3 Å². The van der Waals surface area contributed by atoms with Crippen LogP contribution in [0.5, 0.6) is 0 Å². The molecule has 166 valence electrons. The number of pyridine rings is 1. The van der Waals surface area contributed by atoms with E-state index in [4.69, 9.17) is 4.74 Å². The zero-order valence-electron chi connectivity index (χ0n) is 17.7. The second-order valence-electron chi connectivity index (χ2n) is 7.82. The number of nitrogens with zero attached hydrogens (tertiary/aromatic N) is 4. The molecular formula is C22H23N5O5. The summed E-state index contributed by atoms with van der Waals surface area (Å²) in [5.41, 5.74) is 0.285. The van der Waals surface area contributed by atoms with Gasteiger partial charge in [-0.25, -0.2) is 4.98 Å². The minimum Gasteiger partial charge on any atom is -0.372 e. The Labute approximate surface area is 183 Å². The van der Waals surface area contributed by atoms with Crippen LogP contribution >= 0.6 is 0 Å². The van der Waals surface area contributed by atoms with Gasteiger partial charge in [-0.05, 0) is 43.7 Å². The van der Waals surface area contributed by atoms with Crippen molar-refractivity contribution in [2.24, 2.45) is 0 Å². The molecule has 2 atom stereocenters. The van der Waals surface area contributed by atoms with E-state index in [1.165, 1.54) is 6.20 Å². The minimum atomic E-state index is -0.752. The molecule has 1 aliphatic rings. The van der Waals surface area contributed by atoms with Crippen LogP contribution in [0, 0.1) is 10.1 Å². The lowest BCUT2D eigenvalue weighted by Gasteiger charge is -2.35. The number of nitrogens with one attached hydrogen (secondary N) is 1. The van der Waals surface area contributed by atoms with E-state index in [0.717, 1.165) is 9.96 Å². The lowest BCUT2D eigenvalue weighted by atomic mass is 10.1. The van der Waals surface area contributed by atoms with Crippen molar-refractivity contribution in [1.29, 1.82) is 0 Å². The molecule has 1 N–H and O–H groups in total. The van der Waals surface area contributed by atoms with Crippen LogP contribution in [0.25, 0.3) is 5.65 Å². The summed E-state index contributed by atoms with van der Waals surface area (Å²) in [7, 11) is 0. The van der Waals surface area contributed by atoms with Gasteiger partial charge in [-0.3, -0.25) is 24.1 Å². The molecule has 0 saturated carbocycles. The lowest BCUT2D eigenvalue weighted by Crippen LogP contribution is -2.48. The smallest absolute Gasteiger partial charge is 0.372 e. The van der Waals surface area contributed by atoms with Crippen LogP contribution in [0.1, 0.15) is 29.8 Å². The van der Waals surface area contributed by atoms with E-state index in [1.807, 2.05) is 13.8 Å². The first-order valence-corrected chi connectivity index (χ1v) is 10.3. The van der Waals surface area contributed by atoms with Crippen LogP contribution in [0.15, 0.2) is 53.5 Å². The van der Waals surface area contributed by atoms with Gasteiger partial charge in [0.25, 0.3) is 5.91 Å². The molecule has 32 heavy (non-hydrogen) atoms. The summed E-state index contributed by atoms with van der Waals surface area (Å²) in [6, 6.07) is 11.9. The predicted octanol–water partition coefficient (Wildman–Crippen LogP) is 2.46. The number of rotatable bonds is 5. The molecule has 10 nitrogen and oxygen atoms in total. The first-order chi connectivity index (χ1) is 15.3. The molecule has 1 fully saturated rings. The molecule has 1 saturated heterocycles. The molecule has 0 aliphatic carbocycles. The van der Waals surface area contributed by atoms with Crippen LogP contribution in [-0.2, 0) is 11.3 Å². The Morgan fingerprint density at radius 1 is 1.19 bits per heavy atom. The van der Waals surface area contributed by atoms with Crippen molar-refractivity contribution in [1.82, 2.24) is 14.3 Å². The Morgan fingerprint density at radius 3 is 2.53 bits per heavy atom. The fourth-order valence-electron chi connectivity index (χ4n) is 3.84. The Balaban J connectivity index is 1.51. The first-order valence-electron chi connectivity index (χ1n) is 10.3. The molecule has 3 aromatic rings. The number of carbonyl (C=O) groups is 1. The van der Waals surface area contributed by atoms with E-state index < -0.39 is 16.2 Å². The average molecular weight is 437 g/mol. The van der Waals surface area contributed by atoms with Crippen LogP contribution in [0.2, 0.25) is 0 Å². The van der Waals surface area contributed by atoms with E-state index in [0.29, 0.717) is 24.3 Å². The number of anilines is 1. The molecule has 1 amide bonds. The van der Waals surface area contributed by atoms with Gasteiger partial charge in [-0.1, -0.05) is 18.2 Å². The van der Waals surface area contributed by atoms with Gasteiger partial charge >= 0.3 is 11.2 Å². The molecule has 3 heterocycles. The quantitative estimate of drug-likeness (QED) is 0.481. The molecule has 2 aromatic heterocycles. The fourth-order valence-corrected chi connectivity index (χ4v) is 3.84. The zero-order valence-corrected chi connectivity index (χ0v) is 17.7. The summed E-state index contributed by atoms with van der Waals surface area (Å²) in [5, 5.41) is 14.4. The molecule has 1 aromatic carbocycles. The number of morpholine rings is 1. The second kappa shape index (κ2) is 8.75. The highest BCUT2D eigenvalue weighted by molar-refractivity contribution is 5.94. The second-order valence-corrected chi connectivity index (χ2v) is 7.82. The summed E-state index contributed by atoms with van der Waals surface area (Å²) >= 11 is 0. The van der Waals surface area contributed by atoms with Crippen LogP contribution in [0.3, 0.4) is 0 Å². The normalized spacial score (nSPS) is 18.5. The van der Waals surface area contributed by atoms with Crippen molar-refractivity contribution < 1.29 is 14.5 Å². The molecule has 1 aliphatic heterocycles. The van der Waals surface area contributed by atoms with Gasteiger partial charge in [0.2, 0.25) is 5.82 Å². The van der Waals surface area contributed by atoms with Crippen LogP contribution < -0.4 is 10.9 Å². The molecule has 10 heteroatoms. The van der Waals surface area contributed by atoms with Gasteiger partial charge in [0, 0.05) is 31.4 Å². The maximum atomic E-state index is 12.8. The Morgan fingerprint density at radius 2 is 1.88 bits per heavy atom. The minimum absolute atomic E-state index is 0.0134. The van der Waals surface area contributed by atoms with Crippen LogP contribution in [-0.4, -0.2) is 50.4 Å². The Hall–Kier alpha value is -3.79. The van der Waals surface area contributed by atoms with Crippen LogP contribution in [0.4, 0.5) is 11.5 Å². The fraction of sp³-hybridized carbons (Fsp3) is 0.318. The number of benzene rings is 1. The molecule has 0 spiro atoms. The van der Waals surface area contributed by atoms with Gasteiger partial charge in [-0.2, -0.15) is 0 Å². The number of fused-ring (bicyclic) bond motifs is 1. The van der Waals surface area contributed by atoms with Gasteiger partial charge in [-0.15, -0.1) is 0 Å². The molecular weight excluding hydrogens is 414 g/mol. The van der Waals surface area contributed by atoms with Gasteiger partial charge in [0.1, 0.15) is 5.65 Å². The van der Waals surface area contributed by atoms with Crippen molar-refractivity contribution in [3.63, 3.8) is 0 Å². The van der Waals surface area contributed by atoms with Crippen molar-refractivity contribution in [2.45, 2.75) is 32.6 Å². The summed E-state index contributed by atoms with van der Waals surface area (Å²) in [4.78, 5) is 42.1. The third-order valence-corrected chi connectivity index (χ3v) is 5.26. The highest BCUT2D eigenvalue weighted by Crippen LogP contribution is 2.20. The highest BCUT2D eigenvalue weighted by atomic mass is 16.6. The number of ether oxygens (including phenoxy) is 1. The third-order valence-electron chi connectivity index (χ3n) is 5.26. The summed E-state index contributed by atoms with van der Waals surface area (Å²) in [6.07, 6.45) is 1.41. The number of hydrogen-bond donors (Lipinski definition) is 1. The van der Waals surface area contributed by atoms with Crippen molar-refractivity contribution in [3.05, 3.63) is 80.3 Å². The first kappa shape index (κ1) is 21.4. The number of hydrogen-bond acceptors (Lipinski definition) is 7. The lowest BCUT2D eigenvalue weighted by molar-refractivity contribution is -0.385. The standard InChI is InChI=1S/C22H23N5O5/c1-14-12-25(13-15(2)32-14)21(28)17-8-6-16(7-9-17)11-23-20-19(27(30)31)22(29)26-10-4-3-5-18(26)24-20/h3-10,14-15,23H,11-13H2,1-2H3. The maximum absolute atomic E-state index is 12.8. The highest BCUT2D eigenvalue weighted by Gasteiger charge is 2.27. The van der Waals surface area contributed by atoms with E-state index in [9.17, 15) is 19.7 Å². The Bertz CT molecular complexity index is 1210. The molecule has 0 radical (unpaired) electrons. The van der Waals surface area contributed by atoms with Gasteiger partial charge < -0.3 is 15.0 Å². The van der Waals surface area contributed by atoms with Crippen molar-refractivity contribution >= 4 is 23.1 Å². The van der Waals surface area contributed by atoms with E-state index >= 15 is 0 Å². The monoisotopic (exact) mass is 437 g/mol. The molecule has 0 bridgehead atoms. The van der Waals surface area contributed by atoms with Gasteiger partial charge in [0.15, 0.2) is 0 Å². The van der Waals surface area contributed by atoms with Gasteiger partial charge in [0.05, 0.1) is 17.1 Å². The van der Waals surface area contributed by atoms with E-state index in [-0.39, 0.29) is 30.5 Å². The predicted molar refractivity (Wildman–Crippen MR) is 118 cm³/mol. The number of nitro groups is 1. The molecule has 4 rings (SSSR count). The molecule has 2 unspecified atom stereocenters. The number of aromatic nitrogens is 2. The number of carbonyl (C=O) groups excluding carboxylic acids is 1. The van der Waals surface area contributed by atoms with E-state index in [1.54, 1.807) is 47.4 Å².